The molecule has 1 atom stereocenters. The van der Waals surface area contributed by atoms with E-state index in [9.17, 15) is 13.6 Å². The zero-order valence-electron chi connectivity index (χ0n) is 16.2. The zero-order chi connectivity index (χ0) is 20.4. The SMILES string of the molecule is Cn1cc(-c2cnn(C3CCN(CS(=O)[O-])CC3)c2)c(-c2ccccc2)cc1=O. The van der Waals surface area contributed by atoms with Gasteiger partial charge in [0.2, 0.25) is 0 Å². The van der Waals surface area contributed by atoms with Gasteiger partial charge in [0.15, 0.2) is 0 Å². The Hall–Kier alpha value is -2.55. The topological polar surface area (TPSA) is 83.2 Å². The van der Waals surface area contributed by atoms with E-state index in [-0.39, 0.29) is 17.5 Å². The van der Waals surface area contributed by atoms with Crippen molar-refractivity contribution in [1.82, 2.24) is 19.2 Å². The number of piperidine rings is 1. The quantitative estimate of drug-likeness (QED) is 0.602. The van der Waals surface area contributed by atoms with Gasteiger partial charge in [-0.25, -0.2) is 0 Å². The zero-order valence-corrected chi connectivity index (χ0v) is 17.0. The number of benzene rings is 1. The Kier molecular flexibility index (Phi) is 5.75. The molecule has 1 saturated heterocycles. The minimum absolute atomic E-state index is 0.0527. The third kappa shape index (κ3) is 4.39. The smallest absolute Gasteiger partial charge is 0.250 e. The average molecular weight is 412 g/mol. The normalized spacial score (nSPS) is 16.8. The van der Waals surface area contributed by atoms with Crippen LogP contribution in [0.2, 0.25) is 0 Å². The number of nitrogens with zero attached hydrogens (tertiary/aromatic N) is 4. The van der Waals surface area contributed by atoms with Gasteiger partial charge in [-0.05, 0) is 35.0 Å². The van der Waals surface area contributed by atoms with E-state index in [0.717, 1.165) is 48.2 Å². The molecule has 0 radical (unpaired) electrons. The second-order valence-electron chi connectivity index (χ2n) is 7.41. The molecule has 0 bridgehead atoms. The van der Waals surface area contributed by atoms with Crippen molar-refractivity contribution < 1.29 is 8.76 Å². The first kappa shape index (κ1) is 19.8. The molecule has 1 aliphatic rings. The standard InChI is InChI=1S/C21H24N4O3S/c1-23-14-20(19(11-21(23)26)16-5-3-2-4-6-16)17-12-22-25(13-17)18-7-9-24(10-8-18)15-29(27)28/h2-6,11-14,18H,7-10,15H2,1H3,(H,27,28)/p-1. The summed E-state index contributed by atoms with van der Waals surface area (Å²) in [5, 5.41) is 4.58. The van der Waals surface area contributed by atoms with Crippen LogP contribution >= 0.6 is 0 Å². The summed E-state index contributed by atoms with van der Waals surface area (Å²) in [5.74, 6) is 0.0928. The van der Waals surface area contributed by atoms with Gasteiger partial charge in [0.05, 0.1) is 18.1 Å². The van der Waals surface area contributed by atoms with Crippen molar-refractivity contribution in [3.05, 3.63) is 65.3 Å². The molecule has 1 aromatic carbocycles. The molecular weight excluding hydrogens is 388 g/mol. The van der Waals surface area contributed by atoms with Gasteiger partial charge in [-0.15, -0.1) is 0 Å². The molecule has 29 heavy (non-hydrogen) atoms. The van der Waals surface area contributed by atoms with E-state index in [0.29, 0.717) is 0 Å². The van der Waals surface area contributed by atoms with Crippen LogP contribution in [0.3, 0.4) is 0 Å². The van der Waals surface area contributed by atoms with Crippen LogP contribution in [0, 0.1) is 0 Å². The monoisotopic (exact) mass is 411 g/mol. The summed E-state index contributed by atoms with van der Waals surface area (Å²) in [4.78, 5) is 14.2. The molecule has 0 amide bonds. The van der Waals surface area contributed by atoms with Gasteiger partial charge < -0.3 is 9.12 Å². The Balaban J connectivity index is 1.61. The van der Waals surface area contributed by atoms with Crippen LogP contribution in [-0.2, 0) is 18.1 Å². The lowest BCUT2D eigenvalue weighted by atomic mass is 9.98. The molecule has 0 saturated carbocycles. The van der Waals surface area contributed by atoms with Crippen LogP contribution < -0.4 is 5.56 Å². The first-order chi connectivity index (χ1) is 14.0. The molecule has 7 nitrogen and oxygen atoms in total. The predicted octanol–water partition coefficient (Wildman–Crippen LogP) is 2.39. The molecule has 152 valence electrons. The van der Waals surface area contributed by atoms with Gasteiger partial charge in [-0.1, -0.05) is 30.3 Å². The van der Waals surface area contributed by atoms with Crippen LogP contribution in [0.25, 0.3) is 22.3 Å². The number of aromatic nitrogens is 3. The molecule has 4 rings (SSSR count). The Labute approximate surface area is 171 Å². The molecule has 8 heteroatoms. The summed E-state index contributed by atoms with van der Waals surface area (Å²) in [6.45, 7) is 1.48. The van der Waals surface area contributed by atoms with Crippen LogP contribution in [0.4, 0.5) is 0 Å². The molecule has 3 aromatic rings. The fourth-order valence-corrected chi connectivity index (χ4v) is 4.41. The molecular formula is C21H23N4O3S-. The van der Waals surface area contributed by atoms with Crippen molar-refractivity contribution >= 4 is 11.1 Å². The highest BCUT2D eigenvalue weighted by atomic mass is 32.2. The number of aryl methyl sites for hydroxylation is 1. The van der Waals surface area contributed by atoms with Crippen LogP contribution in [-0.4, -0.2) is 47.0 Å². The highest BCUT2D eigenvalue weighted by molar-refractivity contribution is 7.79. The summed E-state index contributed by atoms with van der Waals surface area (Å²) in [7, 11) is 1.75. The van der Waals surface area contributed by atoms with Crippen molar-refractivity contribution in [3.63, 3.8) is 0 Å². The first-order valence-corrected chi connectivity index (χ1v) is 10.8. The lowest BCUT2D eigenvalue weighted by Gasteiger charge is -2.32. The van der Waals surface area contributed by atoms with Crippen molar-refractivity contribution in [3.8, 4) is 22.3 Å². The average Bonchev–Trinajstić information content (AvgIpc) is 3.20. The van der Waals surface area contributed by atoms with E-state index in [1.807, 2.05) is 58.5 Å². The third-order valence-corrected chi connectivity index (χ3v) is 6.02. The largest absolute Gasteiger partial charge is 0.771 e. The van der Waals surface area contributed by atoms with E-state index < -0.39 is 11.1 Å². The summed E-state index contributed by atoms with van der Waals surface area (Å²) >= 11 is -2.04. The second-order valence-corrected chi connectivity index (χ2v) is 8.27. The van der Waals surface area contributed by atoms with Crippen molar-refractivity contribution in [2.45, 2.75) is 18.9 Å². The fourth-order valence-electron chi connectivity index (χ4n) is 3.86. The molecule has 0 aliphatic carbocycles. The Morgan fingerprint density at radius 3 is 2.52 bits per heavy atom. The summed E-state index contributed by atoms with van der Waals surface area (Å²) < 4.78 is 25.3. The third-order valence-electron chi connectivity index (χ3n) is 5.44. The van der Waals surface area contributed by atoms with Crippen molar-refractivity contribution in [2.75, 3.05) is 19.0 Å². The van der Waals surface area contributed by atoms with Crippen LogP contribution in [0.1, 0.15) is 18.9 Å². The predicted molar refractivity (Wildman–Crippen MR) is 112 cm³/mol. The molecule has 1 aliphatic heterocycles. The molecule has 2 aromatic heterocycles. The number of rotatable bonds is 5. The highest BCUT2D eigenvalue weighted by Gasteiger charge is 2.22. The summed E-state index contributed by atoms with van der Waals surface area (Å²) in [6, 6.07) is 11.8. The lowest BCUT2D eigenvalue weighted by molar-refractivity contribution is 0.201. The highest BCUT2D eigenvalue weighted by Crippen LogP contribution is 2.32. The molecule has 1 unspecified atom stereocenters. The minimum Gasteiger partial charge on any atom is -0.771 e. The van der Waals surface area contributed by atoms with E-state index in [1.54, 1.807) is 17.7 Å². The maximum absolute atomic E-state index is 12.2. The van der Waals surface area contributed by atoms with Crippen molar-refractivity contribution in [1.29, 1.82) is 0 Å². The van der Waals surface area contributed by atoms with Crippen LogP contribution in [0.15, 0.2) is 59.8 Å². The first-order valence-electron chi connectivity index (χ1n) is 9.60. The fraction of sp³-hybridized carbons (Fsp3) is 0.333. The lowest BCUT2D eigenvalue weighted by Crippen LogP contribution is -2.36. The maximum Gasteiger partial charge on any atom is 0.250 e. The summed E-state index contributed by atoms with van der Waals surface area (Å²) in [6.07, 6.45) is 7.44. The Morgan fingerprint density at radius 1 is 1.10 bits per heavy atom. The van der Waals surface area contributed by atoms with Gasteiger partial charge in [-0.3, -0.25) is 18.6 Å². The second kappa shape index (κ2) is 8.44. The number of hydrogen-bond acceptors (Lipinski definition) is 5. The van der Waals surface area contributed by atoms with E-state index in [2.05, 4.69) is 5.10 Å². The van der Waals surface area contributed by atoms with E-state index >= 15 is 0 Å². The van der Waals surface area contributed by atoms with Crippen LogP contribution in [0.5, 0.6) is 0 Å². The maximum atomic E-state index is 12.2. The molecule has 0 N–H and O–H groups in total. The molecule has 1 fully saturated rings. The van der Waals surface area contributed by atoms with Gasteiger partial charge in [-0.2, -0.15) is 5.10 Å². The molecule has 3 heterocycles. The van der Waals surface area contributed by atoms with E-state index in [1.165, 1.54) is 0 Å². The van der Waals surface area contributed by atoms with Crippen molar-refractivity contribution in [2.24, 2.45) is 7.05 Å². The van der Waals surface area contributed by atoms with E-state index in [4.69, 9.17) is 0 Å². The Bertz CT molecular complexity index is 1070. The number of hydrogen-bond donors (Lipinski definition) is 0. The Morgan fingerprint density at radius 2 is 1.83 bits per heavy atom. The number of pyridine rings is 1. The van der Waals surface area contributed by atoms with Gasteiger partial charge >= 0.3 is 0 Å². The summed E-state index contributed by atoms with van der Waals surface area (Å²) in [5.41, 5.74) is 3.75. The molecule has 0 spiro atoms. The minimum atomic E-state index is -2.04. The number of likely N-dealkylation sites (tertiary alicyclic amines) is 1. The van der Waals surface area contributed by atoms with Gasteiger partial charge in [0, 0.05) is 49.7 Å². The van der Waals surface area contributed by atoms with Gasteiger partial charge in [0.25, 0.3) is 5.56 Å². The van der Waals surface area contributed by atoms with Gasteiger partial charge in [0.1, 0.15) is 0 Å².